The summed E-state index contributed by atoms with van der Waals surface area (Å²) in [6.07, 6.45) is 1.52. The summed E-state index contributed by atoms with van der Waals surface area (Å²) in [7, 11) is 0. The van der Waals surface area contributed by atoms with Crippen LogP contribution in [0.15, 0.2) is 22.7 Å². The zero-order chi connectivity index (χ0) is 8.55. The Bertz CT molecular complexity index is 292. The van der Waals surface area contributed by atoms with E-state index in [0.717, 1.165) is 13.0 Å². The molecule has 0 aromatic heterocycles. The Labute approximate surface area is 80.9 Å². The number of rotatable bonds is 2. The van der Waals surface area contributed by atoms with Crippen molar-refractivity contribution in [2.24, 2.45) is 0 Å². The molecule has 1 aliphatic heterocycles. The molecule has 1 atom stereocenters. The number of halogens is 1. The minimum atomic E-state index is 0.475. The first-order valence-corrected chi connectivity index (χ1v) is 4.91. The second kappa shape index (κ2) is 3.19. The fourth-order valence-electron chi connectivity index (χ4n) is 1.29. The van der Waals surface area contributed by atoms with Gasteiger partial charge in [0.15, 0.2) is 0 Å². The maximum Gasteiger partial charge on any atom is 0.0850 e. The summed E-state index contributed by atoms with van der Waals surface area (Å²) >= 11 is 3.53. The number of hydrogen-bond acceptors (Lipinski definition) is 1. The first-order valence-electron chi connectivity index (χ1n) is 4.12. The lowest BCUT2D eigenvalue weighted by atomic mass is 10.1. The van der Waals surface area contributed by atoms with Crippen LogP contribution >= 0.6 is 15.9 Å². The van der Waals surface area contributed by atoms with E-state index in [1.54, 1.807) is 0 Å². The standard InChI is InChI=1S/C10H11BrO/c1-7-2-3-10(11)8(4-7)5-9-6-12-9/h2-4,9H,5-6H2,1H3. The Kier molecular flexibility index (Phi) is 2.20. The van der Waals surface area contributed by atoms with Crippen molar-refractivity contribution >= 4 is 15.9 Å². The molecule has 1 heterocycles. The Hall–Kier alpha value is -0.340. The molecule has 0 amide bonds. The molecule has 0 spiro atoms. The van der Waals surface area contributed by atoms with Crippen molar-refractivity contribution in [3.8, 4) is 0 Å². The molecule has 1 aromatic rings. The zero-order valence-electron chi connectivity index (χ0n) is 7.01. The molecule has 1 unspecified atom stereocenters. The number of aryl methyl sites for hydroxylation is 1. The lowest BCUT2D eigenvalue weighted by molar-refractivity contribution is 0.407. The van der Waals surface area contributed by atoms with E-state index >= 15 is 0 Å². The van der Waals surface area contributed by atoms with Crippen LogP contribution in [0.5, 0.6) is 0 Å². The van der Waals surface area contributed by atoms with Gasteiger partial charge in [-0.05, 0) is 18.6 Å². The molecular formula is C10H11BrO. The van der Waals surface area contributed by atoms with E-state index in [2.05, 4.69) is 41.1 Å². The van der Waals surface area contributed by atoms with Crippen LogP contribution in [0.25, 0.3) is 0 Å². The molecule has 1 aliphatic rings. The summed E-state index contributed by atoms with van der Waals surface area (Å²) in [5, 5.41) is 0. The van der Waals surface area contributed by atoms with Crippen LogP contribution in [0.3, 0.4) is 0 Å². The first kappa shape index (κ1) is 8.27. The third kappa shape index (κ3) is 1.87. The van der Waals surface area contributed by atoms with Crippen LogP contribution in [0.4, 0.5) is 0 Å². The summed E-state index contributed by atoms with van der Waals surface area (Å²) in [5.74, 6) is 0. The minimum Gasteiger partial charge on any atom is -0.373 e. The molecule has 1 nitrogen and oxygen atoms in total. The van der Waals surface area contributed by atoms with E-state index in [9.17, 15) is 0 Å². The average molecular weight is 227 g/mol. The highest BCUT2D eigenvalue weighted by atomic mass is 79.9. The predicted molar refractivity (Wildman–Crippen MR) is 52.3 cm³/mol. The SMILES string of the molecule is Cc1ccc(Br)c(CC2CO2)c1. The smallest absolute Gasteiger partial charge is 0.0850 e. The van der Waals surface area contributed by atoms with Gasteiger partial charge in [0, 0.05) is 10.9 Å². The second-order valence-corrected chi connectivity index (χ2v) is 4.11. The van der Waals surface area contributed by atoms with Crippen molar-refractivity contribution < 1.29 is 4.74 Å². The van der Waals surface area contributed by atoms with Gasteiger partial charge in [0.1, 0.15) is 0 Å². The van der Waals surface area contributed by atoms with Crippen LogP contribution in [0, 0.1) is 6.92 Å². The number of ether oxygens (including phenoxy) is 1. The molecule has 1 fully saturated rings. The van der Waals surface area contributed by atoms with E-state index in [4.69, 9.17) is 4.74 Å². The highest BCUT2D eigenvalue weighted by molar-refractivity contribution is 9.10. The van der Waals surface area contributed by atoms with Crippen molar-refractivity contribution in [1.29, 1.82) is 0 Å². The van der Waals surface area contributed by atoms with Crippen molar-refractivity contribution in [1.82, 2.24) is 0 Å². The molecule has 0 N–H and O–H groups in total. The first-order chi connectivity index (χ1) is 5.75. The predicted octanol–water partition coefficient (Wildman–Crippen LogP) is 2.70. The lowest BCUT2D eigenvalue weighted by Crippen LogP contribution is -1.94. The van der Waals surface area contributed by atoms with E-state index in [-0.39, 0.29) is 0 Å². The monoisotopic (exact) mass is 226 g/mol. The molecule has 2 rings (SSSR count). The number of benzene rings is 1. The maximum atomic E-state index is 5.19. The Morgan fingerprint density at radius 3 is 3.00 bits per heavy atom. The zero-order valence-corrected chi connectivity index (χ0v) is 8.60. The Morgan fingerprint density at radius 1 is 1.58 bits per heavy atom. The van der Waals surface area contributed by atoms with Gasteiger partial charge in [-0.3, -0.25) is 0 Å². The van der Waals surface area contributed by atoms with Crippen molar-refractivity contribution in [2.45, 2.75) is 19.4 Å². The molecule has 1 saturated heterocycles. The summed E-state index contributed by atoms with van der Waals surface area (Å²) in [6.45, 7) is 3.05. The van der Waals surface area contributed by atoms with Gasteiger partial charge in [-0.2, -0.15) is 0 Å². The van der Waals surface area contributed by atoms with E-state index in [0.29, 0.717) is 6.10 Å². The van der Waals surface area contributed by atoms with Crippen LogP contribution in [-0.2, 0) is 11.2 Å². The topological polar surface area (TPSA) is 12.5 Å². The normalized spacial score (nSPS) is 21.0. The molecule has 12 heavy (non-hydrogen) atoms. The second-order valence-electron chi connectivity index (χ2n) is 3.25. The summed E-state index contributed by atoms with van der Waals surface area (Å²) in [4.78, 5) is 0. The summed E-state index contributed by atoms with van der Waals surface area (Å²) < 4.78 is 6.38. The Morgan fingerprint density at radius 2 is 2.33 bits per heavy atom. The minimum absolute atomic E-state index is 0.475. The third-order valence-corrected chi connectivity index (χ3v) is 2.82. The van der Waals surface area contributed by atoms with Gasteiger partial charge in [-0.25, -0.2) is 0 Å². The summed E-state index contributed by atoms with van der Waals surface area (Å²) in [6, 6.07) is 6.43. The fraction of sp³-hybridized carbons (Fsp3) is 0.400. The van der Waals surface area contributed by atoms with Crippen LogP contribution in [0.1, 0.15) is 11.1 Å². The highest BCUT2D eigenvalue weighted by Gasteiger charge is 2.23. The van der Waals surface area contributed by atoms with E-state index < -0.39 is 0 Å². The van der Waals surface area contributed by atoms with E-state index in [1.807, 2.05) is 0 Å². The maximum absolute atomic E-state index is 5.19. The summed E-state index contributed by atoms with van der Waals surface area (Å²) in [5.41, 5.74) is 2.67. The lowest BCUT2D eigenvalue weighted by Gasteiger charge is -2.02. The molecule has 0 saturated carbocycles. The molecular weight excluding hydrogens is 216 g/mol. The quantitative estimate of drug-likeness (QED) is 0.707. The number of epoxide rings is 1. The van der Waals surface area contributed by atoms with Gasteiger partial charge >= 0.3 is 0 Å². The van der Waals surface area contributed by atoms with Gasteiger partial charge in [-0.1, -0.05) is 33.6 Å². The van der Waals surface area contributed by atoms with Gasteiger partial charge in [0.2, 0.25) is 0 Å². The third-order valence-electron chi connectivity index (χ3n) is 2.05. The van der Waals surface area contributed by atoms with Crippen LogP contribution in [-0.4, -0.2) is 12.7 Å². The fourth-order valence-corrected chi connectivity index (χ4v) is 1.70. The molecule has 0 aliphatic carbocycles. The Balaban J connectivity index is 2.21. The molecule has 64 valence electrons. The average Bonchev–Trinajstić information content (AvgIpc) is 2.81. The molecule has 1 aromatic carbocycles. The van der Waals surface area contributed by atoms with Crippen LogP contribution < -0.4 is 0 Å². The van der Waals surface area contributed by atoms with Gasteiger partial charge in [0.25, 0.3) is 0 Å². The highest BCUT2D eigenvalue weighted by Crippen LogP contribution is 2.23. The molecule has 2 heteroatoms. The molecule has 0 bridgehead atoms. The van der Waals surface area contributed by atoms with Crippen LogP contribution in [0.2, 0.25) is 0 Å². The molecule has 0 radical (unpaired) electrons. The van der Waals surface area contributed by atoms with Gasteiger partial charge in [-0.15, -0.1) is 0 Å². The van der Waals surface area contributed by atoms with Gasteiger partial charge in [0.05, 0.1) is 12.7 Å². The van der Waals surface area contributed by atoms with Crippen molar-refractivity contribution in [3.63, 3.8) is 0 Å². The van der Waals surface area contributed by atoms with Crippen molar-refractivity contribution in [2.75, 3.05) is 6.61 Å². The van der Waals surface area contributed by atoms with Gasteiger partial charge < -0.3 is 4.74 Å². The van der Waals surface area contributed by atoms with Crippen molar-refractivity contribution in [3.05, 3.63) is 33.8 Å². The largest absolute Gasteiger partial charge is 0.373 e. The van der Waals surface area contributed by atoms with E-state index in [1.165, 1.54) is 15.6 Å². The number of hydrogen-bond donors (Lipinski definition) is 0.